The molecular weight excluding hydrogens is 280 g/mol. The minimum Gasteiger partial charge on any atom is -0.385 e. The molecule has 2 N–H and O–H groups in total. The monoisotopic (exact) mass is 293 g/mol. The Kier molecular flexibility index (Phi) is 4.41. The molecule has 0 spiro atoms. The SMILES string of the molecule is CNCCC(C)(O)c1c(F)ccc(Br)c1F. The number of rotatable bonds is 4. The van der Waals surface area contributed by atoms with Gasteiger partial charge >= 0.3 is 0 Å². The van der Waals surface area contributed by atoms with Gasteiger partial charge in [0.05, 0.1) is 15.6 Å². The summed E-state index contributed by atoms with van der Waals surface area (Å²) in [5.74, 6) is -1.48. The molecule has 0 fully saturated rings. The van der Waals surface area contributed by atoms with Crippen LogP contribution in [0.5, 0.6) is 0 Å². The second kappa shape index (κ2) is 5.21. The quantitative estimate of drug-likeness (QED) is 0.836. The highest BCUT2D eigenvalue weighted by Gasteiger charge is 2.30. The van der Waals surface area contributed by atoms with E-state index in [9.17, 15) is 13.9 Å². The lowest BCUT2D eigenvalue weighted by Crippen LogP contribution is -2.29. The highest BCUT2D eigenvalue weighted by Crippen LogP contribution is 2.32. The van der Waals surface area contributed by atoms with Crippen molar-refractivity contribution in [2.75, 3.05) is 13.6 Å². The summed E-state index contributed by atoms with van der Waals surface area (Å²) in [5, 5.41) is 12.9. The Morgan fingerprint density at radius 2 is 2.06 bits per heavy atom. The van der Waals surface area contributed by atoms with E-state index in [1.807, 2.05) is 0 Å². The molecule has 16 heavy (non-hydrogen) atoms. The fourth-order valence-corrected chi connectivity index (χ4v) is 1.84. The second-order valence-electron chi connectivity index (χ2n) is 3.85. The van der Waals surface area contributed by atoms with Crippen molar-refractivity contribution in [3.05, 3.63) is 33.8 Å². The molecule has 0 aliphatic rings. The van der Waals surface area contributed by atoms with Crippen LogP contribution in [0.3, 0.4) is 0 Å². The Labute approximate surface area is 102 Å². The van der Waals surface area contributed by atoms with Crippen molar-refractivity contribution in [2.45, 2.75) is 18.9 Å². The topological polar surface area (TPSA) is 32.3 Å². The lowest BCUT2D eigenvalue weighted by Gasteiger charge is -2.25. The zero-order valence-electron chi connectivity index (χ0n) is 9.15. The number of benzene rings is 1. The van der Waals surface area contributed by atoms with Gasteiger partial charge in [-0.05, 0) is 55.0 Å². The maximum absolute atomic E-state index is 13.7. The molecule has 0 saturated carbocycles. The molecule has 0 saturated heterocycles. The van der Waals surface area contributed by atoms with E-state index in [1.54, 1.807) is 7.05 Å². The van der Waals surface area contributed by atoms with Crippen molar-refractivity contribution in [1.82, 2.24) is 5.32 Å². The largest absolute Gasteiger partial charge is 0.385 e. The van der Waals surface area contributed by atoms with E-state index >= 15 is 0 Å². The van der Waals surface area contributed by atoms with Crippen molar-refractivity contribution >= 4 is 15.9 Å². The average Bonchev–Trinajstić information content (AvgIpc) is 2.21. The Morgan fingerprint density at radius 3 is 2.62 bits per heavy atom. The first-order chi connectivity index (χ1) is 7.40. The molecular formula is C11H14BrF2NO. The molecule has 0 aliphatic carbocycles. The predicted octanol–water partition coefficient (Wildman–Crippen LogP) is 2.54. The van der Waals surface area contributed by atoms with Gasteiger partial charge in [-0.1, -0.05) is 0 Å². The van der Waals surface area contributed by atoms with E-state index < -0.39 is 17.2 Å². The van der Waals surface area contributed by atoms with Gasteiger partial charge in [0.2, 0.25) is 0 Å². The predicted molar refractivity (Wildman–Crippen MR) is 62.2 cm³/mol. The van der Waals surface area contributed by atoms with Crippen molar-refractivity contribution in [1.29, 1.82) is 0 Å². The van der Waals surface area contributed by atoms with Crippen LogP contribution < -0.4 is 5.32 Å². The summed E-state index contributed by atoms with van der Waals surface area (Å²) < 4.78 is 27.4. The minimum atomic E-state index is -1.53. The summed E-state index contributed by atoms with van der Waals surface area (Å²) in [6.45, 7) is 1.87. The highest BCUT2D eigenvalue weighted by atomic mass is 79.9. The summed E-state index contributed by atoms with van der Waals surface area (Å²) >= 11 is 2.97. The molecule has 5 heteroatoms. The summed E-state index contributed by atoms with van der Waals surface area (Å²) in [7, 11) is 1.71. The number of halogens is 3. The van der Waals surface area contributed by atoms with Crippen LogP contribution in [0.1, 0.15) is 18.9 Å². The van der Waals surface area contributed by atoms with Crippen LogP contribution in [0.15, 0.2) is 16.6 Å². The average molecular weight is 294 g/mol. The van der Waals surface area contributed by atoms with Crippen LogP contribution in [-0.2, 0) is 5.60 Å². The number of aliphatic hydroxyl groups is 1. The van der Waals surface area contributed by atoms with Gasteiger partial charge < -0.3 is 10.4 Å². The lowest BCUT2D eigenvalue weighted by molar-refractivity contribution is 0.0408. The molecule has 1 atom stereocenters. The first-order valence-corrected chi connectivity index (χ1v) is 5.70. The van der Waals surface area contributed by atoms with Crippen LogP contribution in [0, 0.1) is 11.6 Å². The Hall–Kier alpha value is -0.520. The molecule has 0 heterocycles. The van der Waals surface area contributed by atoms with E-state index in [1.165, 1.54) is 13.0 Å². The first-order valence-electron chi connectivity index (χ1n) is 4.91. The third-order valence-electron chi connectivity index (χ3n) is 2.44. The molecule has 1 aromatic carbocycles. The second-order valence-corrected chi connectivity index (χ2v) is 4.70. The van der Waals surface area contributed by atoms with E-state index in [4.69, 9.17) is 0 Å². The van der Waals surface area contributed by atoms with Gasteiger partial charge in [0, 0.05) is 0 Å². The van der Waals surface area contributed by atoms with Gasteiger partial charge in [-0.25, -0.2) is 8.78 Å². The highest BCUT2D eigenvalue weighted by molar-refractivity contribution is 9.10. The van der Waals surface area contributed by atoms with E-state index in [2.05, 4.69) is 21.2 Å². The molecule has 0 radical (unpaired) electrons. The van der Waals surface area contributed by atoms with Gasteiger partial charge in [-0.15, -0.1) is 0 Å². The summed E-state index contributed by atoms with van der Waals surface area (Å²) in [6, 6.07) is 2.42. The van der Waals surface area contributed by atoms with Crippen LogP contribution in [-0.4, -0.2) is 18.7 Å². The van der Waals surface area contributed by atoms with E-state index in [0.717, 1.165) is 6.07 Å². The molecule has 1 unspecified atom stereocenters. The van der Waals surface area contributed by atoms with Crippen LogP contribution >= 0.6 is 15.9 Å². The van der Waals surface area contributed by atoms with Gasteiger partial charge in [-0.2, -0.15) is 0 Å². The summed E-state index contributed by atoms with van der Waals surface area (Å²) in [6.07, 6.45) is 0.230. The van der Waals surface area contributed by atoms with Crippen LogP contribution in [0.2, 0.25) is 0 Å². The molecule has 90 valence electrons. The van der Waals surface area contributed by atoms with Gasteiger partial charge in [0.1, 0.15) is 11.6 Å². The molecule has 0 amide bonds. The number of hydrogen-bond acceptors (Lipinski definition) is 2. The smallest absolute Gasteiger partial charge is 0.146 e. The molecule has 0 bridgehead atoms. The van der Waals surface area contributed by atoms with E-state index in [0.29, 0.717) is 6.54 Å². The van der Waals surface area contributed by atoms with E-state index in [-0.39, 0.29) is 16.5 Å². The first kappa shape index (κ1) is 13.5. The van der Waals surface area contributed by atoms with Crippen LogP contribution in [0.25, 0.3) is 0 Å². The summed E-state index contributed by atoms with van der Waals surface area (Å²) in [5.41, 5.74) is -1.82. The number of nitrogens with one attached hydrogen (secondary N) is 1. The number of hydrogen-bond donors (Lipinski definition) is 2. The Bertz CT molecular complexity index is 382. The zero-order chi connectivity index (χ0) is 12.3. The van der Waals surface area contributed by atoms with Gasteiger partial charge in [0.25, 0.3) is 0 Å². The Balaban J connectivity index is 3.15. The van der Waals surface area contributed by atoms with Crippen molar-refractivity contribution < 1.29 is 13.9 Å². The third kappa shape index (κ3) is 2.78. The standard InChI is InChI=1S/C11H14BrF2NO/c1-11(16,5-6-15-2)9-8(13)4-3-7(12)10(9)14/h3-4,15-16H,5-6H2,1-2H3. The fourth-order valence-electron chi connectivity index (χ4n) is 1.51. The fraction of sp³-hybridized carbons (Fsp3) is 0.455. The normalized spacial score (nSPS) is 14.9. The molecule has 0 aromatic heterocycles. The van der Waals surface area contributed by atoms with Crippen LogP contribution in [0.4, 0.5) is 8.78 Å². The molecule has 0 aliphatic heterocycles. The Morgan fingerprint density at radius 1 is 1.44 bits per heavy atom. The van der Waals surface area contributed by atoms with Crippen molar-refractivity contribution in [3.8, 4) is 0 Å². The maximum atomic E-state index is 13.7. The van der Waals surface area contributed by atoms with Gasteiger partial charge in [-0.3, -0.25) is 0 Å². The van der Waals surface area contributed by atoms with Crippen molar-refractivity contribution in [2.24, 2.45) is 0 Å². The molecule has 1 rings (SSSR count). The third-order valence-corrected chi connectivity index (χ3v) is 3.06. The molecule has 2 nitrogen and oxygen atoms in total. The lowest BCUT2D eigenvalue weighted by atomic mass is 9.91. The zero-order valence-corrected chi connectivity index (χ0v) is 10.7. The maximum Gasteiger partial charge on any atom is 0.146 e. The minimum absolute atomic E-state index is 0.147. The molecule has 1 aromatic rings. The van der Waals surface area contributed by atoms with Crippen molar-refractivity contribution in [3.63, 3.8) is 0 Å². The van der Waals surface area contributed by atoms with Gasteiger partial charge in [0.15, 0.2) is 0 Å². The summed E-state index contributed by atoms with van der Waals surface area (Å²) in [4.78, 5) is 0.